The van der Waals surface area contributed by atoms with Crippen LogP contribution in [0.4, 0.5) is 5.69 Å². The number of ether oxygens (including phenoxy) is 2. The second kappa shape index (κ2) is 8.22. The van der Waals surface area contributed by atoms with Crippen LogP contribution in [0.3, 0.4) is 0 Å². The first kappa shape index (κ1) is 16.9. The van der Waals surface area contributed by atoms with Gasteiger partial charge in [-0.3, -0.25) is 0 Å². The molecule has 1 N–H and O–H groups in total. The highest BCUT2D eigenvalue weighted by Crippen LogP contribution is 2.17. The number of carbonyl (C=O) groups excluding carboxylic acids is 1. The van der Waals surface area contributed by atoms with E-state index in [1.165, 1.54) is 18.2 Å². The van der Waals surface area contributed by atoms with Gasteiger partial charge in [0, 0.05) is 12.2 Å². The minimum absolute atomic E-state index is 0.334. The van der Waals surface area contributed by atoms with Gasteiger partial charge in [0.25, 0.3) is 0 Å². The van der Waals surface area contributed by atoms with E-state index in [1.807, 2.05) is 30.3 Å². The fourth-order valence-corrected chi connectivity index (χ4v) is 2.43. The van der Waals surface area contributed by atoms with Crippen LogP contribution in [-0.2, 0) is 4.74 Å². The smallest absolute Gasteiger partial charge is 0.339 e. The van der Waals surface area contributed by atoms with Crippen molar-refractivity contribution in [1.29, 1.82) is 0 Å². The van der Waals surface area contributed by atoms with Gasteiger partial charge in [0.15, 0.2) is 0 Å². The van der Waals surface area contributed by atoms with Crippen LogP contribution >= 0.6 is 0 Å². The third-order valence-corrected chi connectivity index (χ3v) is 3.43. The molecular weight excluding hydrogens is 290 g/mol. The van der Waals surface area contributed by atoms with Crippen LogP contribution in [0, 0.1) is 13.8 Å². The quantitative estimate of drug-likeness (QED) is 0.620. The Balaban J connectivity index is 1.81. The maximum atomic E-state index is 11.7. The lowest BCUT2D eigenvalue weighted by Crippen LogP contribution is -2.11. The van der Waals surface area contributed by atoms with E-state index in [0.717, 1.165) is 24.4 Å². The van der Waals surface area contributed by atoms with E-state index in [0.29, 0.717) is 12.2 Å². The number of esters is 1. The number of carbonyl (C=O) groups is 1. The molecule has 0 atom stereocenters. The lowest BCUT2D eigenvalue weighted by molar-refractivity contribution is 0.0602. The number of hydrogen-bond acceptors (Lipinski definition) is 4. The van der Waals surface area contributed by atoms with Crippen molar-refractivity contribution in [3.05, 3.63) is 59.2 Å². The molecule has 2 aromatic carbocycles. The third-order valence-electron chi connectivity index (χ3n) is 3.43. The SMILES string of the molecule is COC(=O)c1ccccc1NCCCOc1cc(C)cc(C)c1. The first-order valence-corrected chi connectivity index (χ1v) is 7.72. The van der Waals surface area contributed by atoms with E-state index in [1.54, 1.807) is 6.07 Å². The Morgan fingerprint density at radius 1 is 1.09 bits per heavy atom. The van der Waals surface area contributed by atoms with E-state index in [4.69, 9.17) is 9.47 Å². The molecule has 0 aliphatic rings. The summed E-state index contributed by atoms with van der Waals surface area (Å²) < 4.78 is 10.6. The van der Waals surface area contributed by atoms with Gasteiger partial charge >= 0.3 is 5.97 Å². The molecule has 0 amide bonds. The summed E-state index contributed by atoms with van der Waals surface area (Å²) in [5.74, 6) is 0.567. The highest BCUT2D eigenvalue weighted by Gasteiger charge is 2.10. The molecule has 23 heavy (non-hydrogen) atoms. The second-order valence-corrected chi connectivity index (χ2v) is 5.49. The van der Waals surface area contributed by atoms with Crippen LogP contribution in [0.2, 0.25) is 0 Å². The lowest BCUT2D eigenvalue weighted by atomic mass is 10.1. The summed E-state index contributed by atoms with van der Waals surface area (Å²) in [6, 6.07) is 13.5. The number of anilines is 1. The van der Waals surface area contributed by atoms with Gasteiger partial charge in [-0.1, -0.05) is 18.2 Å². The van der Waals surface area contributed by atoms with Gasteiger partial charge in [0.05, 0.1) is 19.3 Å². The normalized spacial score (nSPS) is 10.2. The van der Waals surface area contributed by atoms with E-state index >= 15 is 0 Å². The van der Waals surface area contributed by atoms with E-state index in [2.05, 4.69) is 25.2 Å². The maximum Gasteiger partial charge on any atom is 0.339 e. The number of aryl methyl sites for hydroxylation is 2. The average Bonchev–Trinajstić information content (AvgIpc) is 2.53. The van der Waals surface area contributed by atoms with Crippen LogP contribution in [0.5, 0.6) is 5.75 Å². The molecule has 2 aromatic rings. The van der Waals surface area contributed by atoms with E-state index < -0.39 is 0 Å². The predicted octanol–water partition coefficient (Wildman–Crippen LogP) is 3.97. The molecular formula is C19H23NO3. The second-order valence-electron chi connectivity index (χ2n) is 5.49. The topological polar surface area (TPSA) is 47.6 Å². The zero-order valence-corrected chi connectivity index (χ0v) is 13.9. The third kappa shape index (κ3) is 5.02. The van der Waals surface area contributed by atoms with E-state index in [9.17, 15) is 4.79 Å². The monoisotopic (exact) mass is 313 g/mol. The Morgan fingerprint density at radius 2 is 1.78 bits per heavy atom. The van der Waals surface area contributed by atoms with Crippen molar-refractivity contribution < 1.29 is 14.3 Å². The molecule has 0 saturated carbocycles. The van der Waals surface area contributed by atoms with Gasteiger partial charge in [-0.25, -0.2) is 4.79 Å². The molecule has 0 spiro atoms. The number of hydrogen-bond donors (Lipinski definition) is 1. The molecule has 0 aromatic heterocycles. The molecule has 0 radical (unpaired) electrons. The summed E-state index contributed by atoms with van der Waals surface area (Å²) in [5.41, 5.74) is 3.73. The lowest BCUT2D eigenvalue weighted by Gasteiger charge is -2.11. The van der Waals surface area contributed by atoms with Gasteiger partial charge in [0.1, 0.15) is 5.75 Å². The number of methoxy groups -OCH3 is 1. The van der Waals surface area contributed by atoms with Crippen molar-refractivity contribution in [2.75, 3.05) is 25.6 Å². The van der Waals surface area contributed by atoms with Gasteiger partial charge in [0.2, 0.25) is 0 Å². The largest absolute Gasteiger partial charge is 0.494 e. The standard InChI is InChI=1S/C19H23NO3/c1-14-11-15(2)13-16(12-14)23-10-6-9-20-18-8-5-4-7-17(18)19(21)22-3/h4-5,7-8,11-13,20H,6,9-10H2,1-3H3. The molecule has 0 aliphatic heterocycles. The Kier molecular flexibility index (Phi) is 6.03. The highest BCUT2D eigenvalue weighted by atomic mass is 16.5. The van der Waals surface area contributed by atoms with Gasteiger partial charge in [-0.2, -0.15) is 0 Å². The van der Waals surface area contributed by atoms with Crippen LogP contribution in [0.15, 0.2) is 42.5 Å². The molecule has 4 nitrogen and oxygen atoms in total. The first-order chi connectivity index (χ1) is 11.1. The van der Waals surface area contributed by atoms with Crippen molar-refractivity contribution in [3.8, 4) is 5.75 Å². The summed E-state index contributed by atoms with van der Waals surface area (Å²) in [7, 11) is 1.39. The Bertz CT molecular complexity index is 647. The number of rotatable bonds is 7. The van der Waals surface area contributed by atoms with Crippen LogP contribution in [0.1, 0.15) is 27.9 Å². The average molecular weight is 313 g/mol. The summed E-state index contributed by atoms with van der Waals surface area (Å²) in [6.45, 7) is 5.46. The molecule has 2 rings (SSSR count). The zero-order chi connectivity index (χ0) is 16.7. The van der Waals surface area contributed by atoms with Crippen molar-refractivity contribution >= 4 is 11.7 Å². The Morgan fingerprint density at radius 3 is 2.48 bits per heavy atom. The minimum Gasteiger partial charge on any atom is -0.494 e. The molecule has 0 fully saturated rings. The van der Waals surface area contributed by atoms with Gasteiger partial charge < -0.3 is 14.8 Å². The van der Waals surface area contributed by atoms with Crippen molar-refractivity contribution in [3.63, 3.8) is 0 Å². The van der Waals surface area contributed by atoms with Crippen molar-refractivity contribution in [2.24, 2.45) is 0 Å². The van der Waals surface area contributed by atoms with Crippen molar-refractivity contribution in [1.82, 2.24) is 0 Å². The zero-order valence-electron chi connectivity index (χ0n) is 13.9. The summed E-state index contributed by atoms with van der Waals surface area (Å²) >= 11 is 0. The molecule has 0 heterocycles. The maximum absolute atomic E-state index is 11.7. The Labute approximate surface area is 137 Å². The van der Waals surface area contributed by atoms with Gasteiger partial charge in [-0.05, 0) is 55.7 Å². The highest BCUT2D eigenvalue weighted by molar-refractivity contribution is 5.95. The number of nitrogens with one attached hydrogen (secondary N) is 1. The molecule has 0 saturated heterocycles. The van der Waals surface area contributed by atoms with Crippen LogP contribution < -0.4 is 10.1 Å². The van der Waals surface area contributed by atoms with Crippen molar-refractivity contribution in [2.45, 2.75) is 20.3 Å². The van der Waals surface area contributed by atoms with Gasteiger partial charge in [-0.15, -0.1) is 0 Å². The molecule has 0 bridgehead atoms. The summed E-state index contributed by atoms with van der Waals surface area (Å²) in [4.78, 5) is 11.7. The van der Waals surface area contributed by atoms with Crippen LogP contribution in [-0.4, -0.2) is 26.2 Å². The molecule has 122 valence electrons. The first-order valence-electron chi connectivity index (χ1n) is 7.72. The summed E-state index contributed by atoms with van der Waals surface area (Å²) in [6.07, 6.45) is 0.836. The summed E-state index contributed by atoms with van der Waals surface area (Å²) in [5, 5.41) is 3.26. The van der Waals surface area contributed by atoms with Crippen LogP contribution in [0.25, 0.3) is 0 Å². The molecule has 0 aliphatic carbocycles. The molecule has 4 heteroatoms. The number of para-hydroxylation sites is 1. The molecule has 0 unspecified atom stereocenters. The van der Waals surface area contributed by atoms with E-state index in [-0.39, 0.29) is 5.97 Å². The fourth-order valence-electron chi connectivity index (χ4n) is 2.43. The Hall–Kier alpha value is -2.49. The number of benzene rings is 2. The fraction of sp³-hybridized carbons (Fsp3) is 0.316. The predicted molar refractivity (Wildman–Crippen MR) is 92.3 cm³/mol. The minimum atomic E-state index is -0.334.